The Morgan fingerprint density at radius 2 is 2.04 bits per heavy atom. The molecule has 0 saturated carbocycles. The normalized spacial score (nSPS) is 12.6. The van der Waals surface area contributed by atoms with Crippen molar-refractivity contribution in [1.82, 2.24) is 14.7 Å². The molecule has 0 unspecified atom stereocenters. The number of rotatable bonds is 6. The summed E-state index contributed by atoms with van der Waals surface area (Å²) in [7, 11) is 0. The Hall–Kier alpha value is -1.79. The summed E-state index contributed by atoms with van der Waals surface area (Å²) in [5.74, 6) is -1.28. The maximum atomic E-state index is 12.1. The highest BCUT2D eigenvalue weighted by Crippen LogP contribution is 2.21. The van der Waals surface area contributed by atoms with Crippen LogP contribution in [0.4, 0.5) is 0 Å². The van der Waals surface area contributed by atoms with Gasteiger partial charge in [-0.2, -0.15) is 0 Å². The summed E-state index contributed by atoms with van der Waals surface area (Å²) in [5.41, 5.74) is 0.983. The number of pyridine rings is 1. The second kappa shape index (κ2) is 7.19. The van der Waals surface area contributed by atoms with E-state index in [-0.39, 0.29) is 12.3 Å². The molecule has 0 fully saturated rings. The van der Waals surface area contributed by atoms with Crippen LogP contribution in [-0.2, 0) is 16.0 Å². The average Bonchev–Trinajstić information content (AvgIpc) is 2.79. The molecular formula is C15H17Cl2N3O3. The molecule has 0 aromatic carbocycles. The van der Waals surface area contributed by atoms with Crippen LogP contribution in [0.1, 0.15) is 26.0 Å². The van der Waals surface area contributed by atoms with Crippen LogP contribution in [0.3, 0.4) is 0 Å². The molecule has 0 aliphatic rings. The summed E-state index contributed by atoms with van der Waals surface area (Å²) < 4.78 is 1.63. The lowest BCUT2D eigenvalue weighted by atomic mass is 10.0. The molecule has 0 radical (unpaired) electrons. The third-order valence-electron chi connectivity index (χ3n) is 3.20. The minimum Gasteiger partial charge on any atom is -0.480 e. The number of hydrogen-bond donors (Lipinski definition) is 2. The number of carboxylic acids is 1. The Kier molecular flexibility index (Phi) is 5.49. The summed E-state index contributed by atoms with van der Waals surface area (Å²) in [6, 6.07) is 0.663. The predicted octanol–water partition coefficient (Wildman–Crippen LogP) is 2.80. The molecule has 1 atom stereocenters. The number of nitrogens with zero attached hydrogens (tertiary/aromatic N) is 2. The summed E-state index contributed by atoms with van der Waals surface area (Å²) >= 11 is 12.0. The van der Waals surface area contributed by atoms with E-state index in [2.05, 4.69) is 10.3 Å². The summed E-state index contributed by atoms with van der Waals surface area (Å²) in [6.07, 6.45) is 3.62. The van der Waals surface area contributed by atoms with Gasteiger partial charge in [0.2, 0.25) is 5.91 Å². The van der Waals surface area contributed by atoms with Gasteiger partial charge in [-0.25, -0.2) is 9.78 Å². The molecule has 0 saturated heterocycles. The van der Waals surface area contributed by atoms with Gasteiger partial charge in [0.25, 0.3) is 0 Å². The van der Waals surface area contributed by atoms with Gasteiger partial charge < -0.3 is 14.8 Å². The number of fused-ring (bicyclic) bond motifs is 1. The van der Waals surface area contributed by atoms with Crippen LogP contribution in [0.15, 0.2) is 18.5 Å². The van der Waals surface area contributed by atoms with Crippen LogP contribution in [0, 0.1) is 5.92 Å². The molecule has 2 rings (SSSR count). The van der Waals surface area contributed by atoms with Crippen molar-refractivity contribution in [2.45, 2.75) is 32.7 Å². The molecule has 23 heavy (non-hydrogen) atoms. The number of carbonyl (C=O) groups excluding carboxylic acids is 1. The van der Waals surface area contributed by atoms with Crippen LogP contribution in [0.25, 0.3) is 5.65 Å². The van der Waals surface area contributed by atoms with Gasteiger partial charge in [0.1, 0.15) is 6.04 Å². The topological polar surface area (TPSA) is 83.7 Å². The summed E-state index contributed by atoms with van der Waals surface area (Å²) in [4.78, 5) is 27.5. The Morgan fingerprint density at radius 1 is 1.35 bits per heavy atom. The molecule has 0 spiro atoms. The highest BCUT2D eigenvalue weighted by Gasteiger charge is 2.21. The Labute approximate surface area is 143 Å². The summed E-state index contributed by atoms with van der Waals surface area (Å²) in [6.45, 7) is 3.80. The number of halogens is 2. The molecule has 0 bridgehead atoms. The fourth-order valence-electron chi connectivity index (χ4n) is 2.26. The van der Waals surface area contributed by atoms with Crippen LogP contribution in [-0.4, -0.2) is 32.4 Å². The zero-order valence-corrected chi connectivity index (χ0v) is 14.2. The lowest BCUT2D eigenvalue weighted by molar-refractivity contribution is -0.142. The quantitative estimate of drug-likeness (QED) is 0.832. The van der Waals surface area contributed by atoms with E-state index in [0.29, 0.717) is 27.8 Å². The maximum Gasteiger partial charge on any atom is 0.326 e. The number of aliphatic carboxylic acids is 1. The van der Waals surface area contributed by atoms with Crippen molar-refractivity contribution in [3.8, 4) is 0 Å². The number of carboxylic acid groups (broad SMARTS) is 1. The number of carbonyl (C=O) groups is 2. The first-order valence-corrected chi connectivity index (χ1v) is 7.86. The first-order valence-electron chi connectivity index (χ1n) is 7.11. The Bertz CT molecular complexity index is 743. The molecule has 8 heteroatoms. The zero-order valence-electron chi connectivity index (χ0n) is 12.7. The van der Waals surface area contributed by atoms with E-state index in [1.165, 1.54) is 0 Å². The predicted molar refractivity (Wildman–Crippen MR) is 87.9 cm³/mol. The van der Waals surface area contributed by atoms with Gasteiger partial charge in [-0.05, 0) is 18.4 Å². The number of aromatic nitrogens is 2. The fourth-order valence-corrected chi connectivity index (χ4v) is 2.79. The lowest BCUT2D eigenvalue weighted by Crippen LogP contribution is -2.42. The highest BCUT2D eigenvalue weighted by molar-refractivity contribution is 6.36. The monoisotopic (exact) mass is 357 g/mol. The van der Waals surface area contributed by atoms with Crippen LogP contribution in [0.2, 0.25) is 10.0 Å². The van der Waals surface area contributed by atoms with E-state index >= 15 is 0 Å². The van der Waals surface area contributed by atoms with E-state index in [0.717, 1.165) is 0 Å². The number of hydrogen-bond acceptors (Lipinski definition) is 3. The second-order valence-corrected chi connectivity index (χ2v) is 6.58. The first kappa shape index (κ1) is 17.6. The highest BCUT2D eigenvalue weighted by atomic mass is 35.5. The van der Waals surface area contributed by atoms with Gasteiger partial charge in [-0.15, -0.1) is 0 Å². The van der Waals surface area contributed by atoms with Crippen molar-refractivity contribution in [2.75, 3.05) is 0 Å². The molecule has 124 valence electrons. The Morgan fingerprint density at radius 3 is 2.65 bits per heavy atom. The molecule has 1 amide bonds. The number of amides is 1. The minimum absolute atomic E-state index is 0.0303. The van der Waals surface area contributed by atoms with Crippen molar-refractivity contribution < 1.29 is 14.7 Å². The van der Waals surface area contributed by atoms with E-state index in [4.69, 9.17) is 28.3 Å². The van der Waals surface area contributed by atoms with Gasteiger partial charge in [-0.3, -0.25) is 4.79 Å². The van der Waals surface area contributed by atoms with Crippen molar-refractivity contribution in [3.05, 3.63) is 34.2 Å². The smallest absolute Gasteiger partial charge is 0.326 e. The third kappa shape index (κ3) is 4.59. The van der Waals surface area contributed by atoms with Gasteiger partial charge in [0.05, 0.1) is 22.2 Å². The number of nitrogens with one attached hydrogen (secondary N) is 1. The molecule has 0 aliphatic heterocycles. The second-order valence-electron chi connectivity index (χ2n) is 5.73. The molecule has 2 N–H and O–H groups in total. The fraction of sp³-hybridized carbons (Fsp3) is 0.400. The molecular weight excluding hydrogens is 341 g/mol. The van der Waals surface area contributed by atoms with Crippen molar-refractivity contribution in [1.29, 1.82) is 0 Å². The largest absolute Gasteiger partial charge is 0.480 e. The lowest BCUT2D eigenvalue weighted by Gasteiger charge is -2.16. The zero-order chi connectivity index (χ0) is 17.1. The first-order chi connectivity index (χ1) is 10.8. The molecule has 2 aromatic rings. The van der Waals surface area contributed by atoms with Gasteiger partial charge in [0, 0.05) is 12.4 Å². The third-order valence-corrected chi connectivity index (χ3v) is 3.69. The SMILES string of the molecule is CC(C)C[C@@H](NC(=O)Cc1cn2cc(Cl)cc(Cl)c2n1)C(=O)O. The van der Waals surface area contributed by atoms with Crippen LogP contribution < -0.4 is 5.32 Å². The van der Waals surface area contributed by atoms with Gasteiger partial charge in [0.15, 0.2) is 5.65 Å². The van der Waals surface area contributed by atoms with Crippen LogP contribution in [0.5, 0.6) is 0 Å². The van der Waals surface area contributed by atoms with E-state index < -0.39 is 17.9 Å². The van der Waals surface area contributed by atoms with Crippen molar-refractivity contribution in [3.63, 3.8) is 0 Å². The standard InChI is InChI=1S/C15H17Cl2N3O3/c1-8(2)3-12(15(22)23)19-13(21)5-10-7-20-6-9(16)4-11(17)14(20)18-10/h4,6-8,12H,3,5H2,1-2H3,(H,19,21)(H,22,23)/t12-/m1/s1. The molecule has 2 heterocycles. The van der Waals surface area contributed by atoms with E-state index in [1.54, 1.807) is 22.9 Å². The maximum absolute atomic E-state index is 12.1. The number of imidazole rings is 1. The molecule has 2 aromatic heterocycles. The average molecular weight is 358 g/mol. The van der Waals surface area contributed by atoms with E-state index in [9.17, 15) is 9.59 Å². The van der Waals surface area contributed by atoms with E-state index in [1.807, 2.05) is 13.8 Å². The molecule has 0 aliphatic carbocycles. The van der Waals surface area contributed by atoms with Gasteiger partial charge in [-0.1, -0.05) is 37.0 Å². The van der Waals surface area contributed by atoms with Crippen molar-refractivity contribution >= 4 is 40.7 Å². The van der Waals surface area contributed by atoms with Gasteiger partial charge >= 0.3 is 5.97 Å². The van der Waals surface area contributed by atoms with Crippen LogP contribution >= 0.6 is 23.2 Å². The molecule has 6 nitrogen and oxygen atoms in total. The van der Waals surface area contributed by atoms with Crippen molar-refractivity contribution in [2.24, 2.45) is 5.92 Å². The summed E-state index contributed by atoms with van der Waals surface area (Å²) in [5, 5.41) is 12.5. The Balaban J connectivity index is 2.10. The minimum atomic E-state index is -1.04.